The van der Waals surface area contributed by atoms with Gasteiger partial charge >= 0.3 is 0 Å². The zero-order chi connectivity index (χ0) is 21.9. The van der Waals surface area contributed by atoms with Gasteiger partial charge in [0.05, 0.1) is 22.4 Å². The van der Waals surface area contributed by atoms with Gasteiger partial charge < -0.3 is 24.6 Å². The number of ether oxygens (including phenoxy) is 2. The maximum absolute atomic E-state index is 10.3. The highest BCUT2D eigenvalue weighted by Gasteiger charge is 2.26. The van der Waals surface area contributed by atoms with Crippen molar-refractivity contribution in [1.82, 2.24) is 14.7 Å². The molecule has 166 valence electrons. The molecule has 2 N–H and O–H groups in total. The molecule has 0 aliphatic carbocycles. The fraction of sp³-hybridized carbons (Fsp3) is 0.571. The molecule has 0 bridgehead atoms. The second kappa shape index (κ2) is 9.65. The number of aryl methyl sites for hydroxylation is 1. The summed E-state index contributed by atoms with van der Waals surface area (Å²) in [4.78, 5) is 4.23. The minimum Gasteiger partial charge on any atom is -0.487 e. The van der Waals surface area contributed by atoms with Gasteiger partial charge in [-0.25, -0.2) is 0 Å². The van der Waals surface area contributed by atoms with Crippen LogP contribution in [-0.2, 0) is 25.0 Å². The largest absolute Gasteiger partial charge is 0.487 e. The molecular formula is C21H31BrN4O4. The van der Waals surface area contributed by atoms with Crippen molar-refractivity contribution in [3.8, 4) is 5.75 Å². The minimum atomic E-state index is -0.875. The molecule has 2 aromatic rings. The van der Waals surface area contributed by atoms with E-state index in [4.69, 9.17) is 9.47 Å². The number of anilines is 1. The molecule has 0 saturated carbocycles. The Labute approximate surface area is 186 Å². The van der Waals surface area contributed by atoms with Crippen LogP contribution in [0.1, 0.15) is 32.2 Å². The van der Waals surface area contributed by atoms with Crippen LogP contribution in [0.3, 0.4) is 0 Å². The van der Waals surface area contributed by atoms with Gasteiger partial charge in [0.1, 0.15) is 18.1 Å². The summed E-state index contributed by atoms with van der Waals surface area (Å²) in [6, 6.07) is 7.98. The zero-order valence-corrected chi connectivity index (χ0v) is 19.6. The van der Waals surface area contributed by atoms with Crippen molar-refractivity contribution in [3.63, 3.8) is 0 Å². The Morgan fingerprint density at radius 1 is 1.13 bits per heavy atom. The van der Waals surface area contributed by atoms with Gasteiger partial charge in [0.15, 0.2) is 0 Å². The molecule has 0 amide bonds. The minimum absolute atomic E-state index is 0.0780. The maximum atomic E-state index is 10.3. The Morgan fingerprint density at radius 2 is 1.77 bits per heavy atom. The van der Waals surface area contributed by atoms with Crippen LogP contribution >= 0.6 is 15.9 Å². The Morgan fingerprint density at radius 3 is 2.30 bits per heavy atom. The number of halogens is 1. The number of hydrogen-bond acceptors (Lipinski definition) is 7. The van der Waals surface area contributed by atoms with Crippen molar-refractivity contribution in [2.75, 3.05) is 31.1 Å². The van der Waals surface area contributed by atoms with Crippen LogP contribution in [0.25, 0.3) is 0 Å². The van der Waals surface area contributed by atoms with E-state index in [1.807, 2.05) is 49.9 Å². The van der Waals surface area contributed by atoms with E-state index in [0.29, 0.717) is 6.61 Å². The third kappa shape index (κ3) is 5.73. The monoisotopic (exact) mass is 482 g/mol. The van der Waals surface area contributed by atoms with Gasteiger partial charge in [0.2, 0.25) is 6.41 Å². The molecule has 1 aliphatic rings. The van der Waals surface area contributed by atoms with E-state index in [-0.39, 0.29) is 12.2 Å². The van der Waals surface area contributed by atoms with Crippen LogP contribution in [0.15, 0.2) is 28.7 Å². The smallest absolute Gasteiger partial charge is 0.216 e. The second-order valence-electron chi connectivity index (χ2n) is 8.35. The molecule has 8 nitrogen and oxygen atoms in total. The number of piperazine rings is 1. The average molecular weight is 483 g/mol. The third-order valence-corrected chi connectivity index (χ3v) is 5.90. The van der Waals surface area contributed by atoms with E-state index in [1.165, 1.54) is 0 Å². The number of hydrogen-bond donors (Lipinski definition) is 2. The molecule has 1 aromatic heterocycles. The predicted octanol–water partition coefficient (Wildman–Crippen LogP) is 2.47. The van der Waals surface area contributed by atoms with Crippen LogP contribution < -0.4 is 9.64 Å². The number of rotatable bonds is 7. The van der Waals surface area contributed by atoms with Crippen LogP contribution in [0, 0.1) is 0 Å². The molecule has 9 heteroatoms. The van der Waals surface area contributed by atoms with Gasteiger partial charge in [-0.3, -0.25) is 9.58 Å². The quantitative estimate of drug-likeness (QED) is 0.586. The van der Waals surface area contributed by atoms with Crippen LogP contribution in [-0.4, -0.2) is 63.1 Å². The Hall–Kier alpha value is -1.65. The molecule has 30 heavy (non-hydrogen) atoms. The van der Waals surface area contributed by atoms with Crippen molar-refractivity contribution < 1.29 is 19.7 Å². The van der Waals surface area contributed by atoms with Crippen molar-refractivity contribution in [2.45, 2.75) is 46.0 Å². The highest BCUT2D eigenvalue weighted by molar-refractivity contribution is 9.10. The van der Waals surface area contributed by atoms with Gasteiger partial charge in [-0.1, -0.05) is 0 Å². The molecule has 1 fully saturated rings. The summed E-state index contributed by atoms with van der Waals surface area (Å²) >= 11 is 3.47. The molecule has 1 atom stereocenters. The van der Waals surface area contributed by atoms with E-state index in [1.54, 1.807) is 11.7 Å². The van der Waals surface area contributed by atoms with Crippen LogP contribution in [0.2, 0.25) is 0 Å². The first-order valence-electron chi connectivity index (χ1n) is 10.1. The number of aliphatic hydroxyl groups is 2. The summed E-state index contributed by atoms with van der Waals surface area (Å²) in [7, 11) is 1.79. The van der Waals surface area contributed by atoms with Crippen LogP contribution in [0.4, 0.5) is 5.69 Å². The molecule has 1 saturated heterocycles. The van der Waals surface area contributed by atoms with Gasteiger partial charge in [0.25, 0.3) is 0 Å². The second-order valence-corrected chi connectivity index (χ2v) is 9.14. The van der Waals surface area contributed by atoms with E-state index in [2.05, 4.69) is 25.9 Å². The van der Waals surface area contributed by atoms with E-state index < -0.39 is 6.41 Å². The highest BCUT2D eigenvalue weighted by Crippen LogP contribution is 2.25. The Balaban J connectivity index is 1.52. The lowest BCUT2D eigenvalue weighted by atomic mass is 10.2. The van der Waals surface area contributed by atoms with E-state index in [9.17, 15) is 10.2 Å². The molecule has 1 aromatic carbocycles. The average Bonchev–Trinajstić information content (AvgIpc) is 2.98. The van der Waals surface area contributed by atoms with Gasteiger partial charge in [-0.05, 0) is 61.0 Å². The maximum Gasteiger partial charge on any atom is 0.216 e. The zero-order valence-electron chi connectivity index (χ0n) is 18.0. The fourth-order valence-corrected chi connectivity index (χ4v) is 3.93. The Bertz CT molecular complexity index is 827. The molecule has 2 heterocycles. The normalized spacial score (nSPS) is 16.7. The SMILES string of the molecule is Cn1nc(COc2ccc(N3CCN(C(O)OC(C)(C)C)CC3)cc2)c(Br)c1CO. The lowest BCUT2D eigenvalue weighted by Gasteiger charge is -2.39. The number of aromatic nitrogens is 2. The predicted molar refractivity (Wildman–Crippen MR) is 118 cm³/mol. The van der Waals surface area contributed by atoms with Crippen molar-refractivity contribution >= 4 is 21.6 Å². The summed E-state index contributed by atoms with van der Waals surface area (Å²) in [6.45, 7) is 9.15. The van der Waals surface area contributed by atoms with Crippen molar-refractivity contribution in [3.05, 3.63) is 40.1 Å². The summed E-state index contributed by atoms with van der Waals surface area (Å²) in [5.74, 6) is 0.759. The lowest BCUT2D eigenvalue weighted by Crippen LogP contribution is -2.52. The fourth-order valence-electron chi connectivity index (χ4n) is 3.35. The molecule has 0 spiro atoms. The lowest BCUT2D eigenvalue weighted by molar-refractivity contribution is -0.239. The van der Waals surface area contributed by atoms with Crippen molar-refractivity contribution in [1.29, 1.82) is 0 Å². The first-order valence-corrected chi connectivity index (χ1v) is 10.9. The standard InChI is InChI=1S/C21H31BrN4O4/c1-21(2,3)30-20(28)26-11-9-25(10-12-26)15-5-7-16(8-6-15)29-14-17-19(22)18(13-27)24(4)23-17/h5-8,20,27-28H,9-14H2,1-4H3. The van der Waals surface area contributed by atoms with E-state index >= 15 is 0 Å². The molecular weight excluding hydrogens is 452 g/mol. The van der Waals surface area contributed by atoms with Crippen molar-refractivity contribution in [2.24, 2.45) is 7.05 Å². The molecule has 3 rings (SSSR count). The highest BCUT2D eigenvalue weighted by atomic mass is 79.9. The van der Waals surface area contributed by atoms with Gasteiger partial charge in [-0.15, -0.1) is 0 Å². The third-order valence-electron chi connectivity index (χ3n) is 4.98. The van der Waals surface area contributed by atoms with Crippen LogP contribution in [0.5, 0.6) is 5.75 Å². The summed E-state index contributed by atoms with van der Waals surface area (Å²) in [5, 5.41) is 24.0. The first-order chi connectivity index (χ1) is 14.2. The molecule has 0 radical (unpaired) electrons. The molecule has 1 aliphatic heterocycles. The Kier molecular flexibility index (Phi) is 7.41. The number of nitrogens with zero attached hydrogens (tertiary/aromatic N) is 4. The summed E-state index contributed by atoms with van der Waals surface area (Å²) in [5.41, 5.74) is 2.21. The molecule has 1 unspecified atom stereocenters. The first kappa shape index (κ1) is 23.0. The topological polar surface area (TPSA) is 83.2 Å². The van der Waals surface area contributed by atoms with Gasteiger partial charge in [-0.2, -0.15) is 5.10 Å². The summed E-state index contributed by atoms with van der Waals surface area (Å²) in [6.07, 6.45) is -0.875. The van der Waals surface area contributed by atoms with E-state index in [0.717, 1.165) is 53.5 Å². The van der Waals surface area contributed by atoms with Gasteiger partial charge in [0, 0.05) is 38.9 Å². The number of aliphatic hydroxyl groups excluding tert-OH is 2. The number of benzene rings is 1. The summed E-state index contributed by atoms with van der Waals surface area (Å²) < 4.78 is 13.9.